The minimum absolute atomic E-state index is 0.357. The van der Waals surface area contributed by atoms with Crippen LogP contribution in [0.15, 0.2) is 48.5 Å². The van der Waals surface area contributed by atoms with E-state index in [-0.39, 0.29) is 11.9 Å². The molecule has 0 bridgehead atoms. The maximum absolute atomic E-state index is 13.3. The Labute approximate surface area is 189 Å². The number of rotatable bonds is 6. The first-order valence-corrected chi connectivity index (χ1v) is 10.9. The fourth-order valence-electron chi connectivity index (χ4n) is 4.13. The summed E-state index contributed by atoms with van der Waals surface area (Å²) in [5.74, 6) is 0.110. The molecule has 0 heterocycles. The molecule has 2 aromatic carbocycles. The van der Waals surface area contributed by atoms with Crippen LogP contribution in [0, 0.1) is 12.7 Å². The molecule has 0 radical (unpaired) electrons. The molecule has 0 unspecified atom stereocenters. The van der Waals surface area contributed by atoms with Crippen molar-refractivity contribution in [1.29, 1.82) is 0 Å². The van der Waals surface area contributed by atoms with Crippen molar-refractivity contribution in [2.24, 2.45) is 0 Å². The van der Waals surface area contributed by atoms with Crippen LogP contribution in [0.5, 0.6) is 5.75 Å². The average Bonchev–Trinajstić information content (AvgIpc) is 2.98. The molecule has 0 saturated heterocycles. The minimum atomic E-state index is -0.867. The zero-order valence-corrected chi connectivity index (χ0v) is 19.3. The Morgan fingerprint density at radius 3 is 2.47 bits per heavy atom. The van der Waals surface area contributed by atoms with Crippen LogP contribution in [0.1, 0.15) is 38.3 Å². The number of hydrogen-bond acceptors (Lipinski definition) is 5. The maximum Gasteiger partial charge on any atom is 0.407 e. The Morgan fingerprint density at radius 2 is 1.84 bits per heavy atom. The number of alkyl carbamates (subject to hydrolysis) is 1. The number of amides is 1. The number of likely N-dealkylation sites (N-methyl/N-ethyl adjacent to an activating group) is 1. The zero-order valence-electron chi connectivity index (χ0n) is 19.3. The molecule has 0 aromatic heterocycles. The summed E-state index contributed by atoms with van der Waals surface area (Å²) in [4.78, 5) is 14.5. The second-order valence-corrected chi connectivity index (χ2v) is 9.42. The topological polar surface area (TPSA) is 71.0 Å². The third kappa shape index (κ3) is 6.20. The van der Waals surface area contributed by atoms with E-state index in [4.69, 9.17) is 9.47 Å². The van der Waals surface area contributed by atoms with Gasteiger partial charge in [0.1, 0.15) is 29.4 Å². The SMILES string of the molecule is Cc1ccccc1CN(C)[C@@H]1[C@@H](O)[C@H](Oc2ccc(F)cc2)C[C@H]1NC(=O)OC(C)(C)C. The van der Waals surface area contributed by atoms with Crippen LogP contribution in [0.4, 0.5) is 9.18 Å². The van der Waals surface area contributed by atoms with E-state index in [9.17, 15) is 14.3 Å². The molecule has 174 valence electrons. The molecule has 2 N–H and O–H groups in total. The van der Waals surface area contributed by atoms with Gasteiger partial charge in [0.25, 0.3) is 0 Å². The van der Waals surface area contributed by atoms with E-state index in [1.807, 2.05) is 37.1 Å². The Morgan fingerprint density at radius 1 is 1.19 bits per heavy atom. The fraction of sp³-hybridized carbons (Fsp3) is 0.480. The second-order valence-electron chi connectivity index (χ2n) is 9.42. The Hall–Kier alpha value is -2.64. The van der Waals surface area contributed by atoms with Gasteiger partial charge in [-0.15, -0.1) is 0 Å². The lowest BCUT2D eigenvalue weighted by Crippen LogP contribution is -2.52. The van der Waals surface area contributed by atoms with Crippen LogP contribution in [0.25, 0.3) is 0 Å². The monoisotopic (exact) mass is 444 g/mol. The van der Waals surface area contributed by atoms with Crippen molar-refractivity contribution in [3.63, 3.8) is 0 Å². The molecule has 0 aliphatic heterocycles. The molecule has 1 aliphatic rings. The zero-order chi connectivity index (χ0) is 23.5. The van der Waals surface area contributed by atoms with Crippen molar-refractivity contribution in [2.75, 3.05) is 7.05 Å². The second kappa shape index (κ2) is 9.88. The van der Waals surface area contributed by atoms with Gasteiger partial charge < -0.3 is 19.9 Å². The molecule has 2 aromatic rings. The predicted molar refractivity (Wildman–Crippen MR) is 121 cm³/mol. The van der Waals surface area contributed by atoms with E-state index in [0.29, 0.717) is 18.7 Å². The number of carbonyl (C=O) groups excluding carboxylic acids is 1. The number of benzene rings is 2. The van der Waals surface area contributed by atoms with Gasteiger partial charge >= 0.3 is 6.09 Å². The Bertz CT molecular complexity index is 913. The molecule has 1 saturated carbocycles. The normalized spacial score (nSPS) is 23.2. The summed E-state index contributed by atoms with van der Waals surface area (Å²) in [6, 6.07) is 13.0. The number of aliphatic hydroxyl groups is 1. The van der Waals surface area contributed by atoms with E-state index >= 15 is 0 Å². The molecule has 7 heteroatoms. The summed E-state index contributed by atoms with van der Waals surface area (Å²) in [7, 11) is 1.92. The lowest BCUT2D eigenvalue weighted by Gasteiger charge is -2.33. The van der Waals surface area contributed by atoms with Crippen molar-refractivity contribution in [3.8, 4) is 5.75 Å². The number of hydrogen-bond donors (Lipinski definition) is 2. The number of carbonyl (C=O) groups is 1. The number of aliphatic hydroxyl groups excluding tert-OH is 1. The van der Waals surface area contributed by atoms with Gasteiger partial charge in [-0.2, -0.15) is 0 Å². The van der Waals surface area contributed by atoms with Crippen molar-refractivity contribution in [1.82, 2.24) is 10.2 Å². The highest BCUT2D eigenvalue weighted by atomic mass is 19.1. The summed E-state index contributed by atoms with van der Waals surface area (Å²) in [6.07, 6.45) is -1.58. The van der Waals surface area contributed by atoms with Gasteiger partial charge in [0, 0.05) is 13.0 Å². The molecule has 1 fully saturated rings. The van der Waals surface area contributed by atoms with Crippen molar-refractivity contribution >= 4 is 6.09 Å². The van der Waals surface area contributed by atoms with Crippen LogP contribution in [-0.4, -0.2) is 53.0 Å². The summed E-state index contributed by atoms with van der Waals surface area (Å²) >= 11 is 0. The molecular formula is C25H33FN2O4. The van der Waals surface area contributed by atoms with Crippen molar-refractivity contribution in [3.05, 3.63) is 65.5 Å². The van der Waals surface area contributed by atoms with E-state index < -0.39 is 29.9 Å². The third-order valence-corrected chi connectivity index (χ3v) is 5.62. The van der Waals surface area contributed by atoms with Gasteiger partial charge in [0.05, 0.1) is 12.1 Å². The Balaban J connectivity index is 1.79. The number of ether oxygens (including phenoxy) is 2. The van der Waals surface area contributed by atoms with Crippen molar-refractivity contribution in [2.45, 2.75) is 70.6 Å². The van der Waals surface area contributed by atoms with Gasteiger partial charge in [-0.25, -0.2) is 9.18 Å². The van der Waals surface area contributed by atoms with E-state index in [1.54, 1.807) is 20.8 Å². The lowest BCUT2D eigenvalue weighted by molar-refractivity contribution is 0.0108. The highest BCUT2D eigenvalue weighted by Crippen LogP contribution is 2.30. The Kier molecular flexibility index (Phi) is 7.41. The quantitative estimate of drug-likeness (QED) is 0.704. The van der Waals surface area contributed by atoms with E-state index in [1.165, 1.54) is 24.3 Å². The third-order valence-electron chi connectivity index (χ3n) is 5.62. The first kappa shape index (κ1) is 24.0. The maximum atomic E-state index is 13.3. The van der Waals surface area contributed by atoms with Crippen LogP contribution in [0.2, 0.25) is 0 Å². The molecule has 0 spiro atoms. The van der Waals surface area contributed by atoms with E-state index in [0.717, 1.165) is 11.1 Å². The number of halogens is 1. The summed E-state index contributed by atoms with van der Waals surface area (Å²) in [5, 5.41) is 14.1. The highest BCUT2D eigenvalue weighted by molar-refractivity contribution is 5.68. The average molecular weight is 445 g/mol. The molecule has 6 nitrogen and oxygen atoms in total. The fourth-order valence-corrected chi connectivity index (χ4v) is 4.13. The standard InChI is InChI=1S/C25H33FN2O4/c1-16-8-6-7-9-17(16)15-28(5)22-20(27-24(30)32-25(2,3)4)14-21(23(22)29)31-19-12-10-18(26)11-13-19/h6-13,20-23,29H,14-15H2,1-5H3,(H,27,30)/t20-,21-,22+,23+/m1/s1. The molecule has 4 atom stereocenters. The molecule has 3 rings (SSSR count). The number of nitrogens with one attached hydrogen (secondary N) is 1. The predicted octanol–water partition coefficient (Wildman–Crippen LogP) is 4.04. The molecule has 1 aliphatic carbocycles. The van der Waals surface area contributed by atoms with Gasteiger partial charge in [-0.1, -0.05) is 24.3 Å². The largest absolute Gasteiger partial charge is 0.488 e. The molecule has 32 heavy (non-hydrogen) atoms. The van der Waals surface area contributed by atoms with Crippen molar-refractivity contribution < 1.29 is 23.8 Å². The van der Waals surface area contributed by atoms with Gasteiger partial charge in [-0.05, 0) is 70.1 Å². The first-order valence-electron chi connectivity index (χ1n) is 10.9. The van der Waals surface area contributed by atoms with Gasteiger partial charge in [-0.3, -0.25) is 4.90 Å². The van der Waals surface area contributed by atoms with Gasteiger partial charge in [0.15, 0.2) is 0 Å². The summed E-state index contributed by atoms with van der Waals surface area (Å²) in [5.41, 5.74) is 1.66. The minimum Gasteiger partial charge on any atom is -0.488 e. The molecule has 1 amide bonds. The molecular weight excluding hydrogens is 411 g/mol. The van der Waals surface area contributed by atoms with Crippen LogP contribution in [-0.2, 0) is 11.3 Å². The van der Waals surface area contributed by atoms with Gasteiger partial charge in [0.2, 0.25) is 0 Å². The lowest BCUT2D eigenvalue weighted by atomic mass is 10.1. The number of nitrogens with zero attached hydrogens (tertiary/aromatic N) is 1. The van der Waals surface area contributed by atoms with E-state index in [2.05, 4.69) is 11.4 Å². The first-order chi connectivity index (χ1) is 15.0. The highest BCUT2D eigenvalue weighted by Gasteiger charge is 2.47. The summed E-state index contributed by atoms with van der Waals surface area (Å²) in [6.45, 7) is 8.06. The summed E-state index contributed by atoms with van der Waals surface area (Å²) < 4.78 is 24.7. The van der Waals surface area contributed by atoms with Crippen LogP contribution in [0.3, 0.4) is 0 Å². The number of aryl methyl sites for hydroxylation is 1. The van der Waals surface area contributed by atoms with Crippen LogP contribution < -0.4 is 10.1 Å². The smallest absolute Gasteiger partial charge is 0.407 e. The van der Waals surface area contributed by atoms with Crippen LogP contribution >= 0.6 is 0 Å².